The summed E-state index contributed by atoms with van der Waals surface area (Å²) in [6.07, 6.45) is 4.87. The summed E-state index contributed by atoms with van der Waals surface area (Å²) < 4.78 is 22.8. The summed E-state index contributed by atoms with van der Waals surface area (Å²) in [5.41, 5.74) is 2.64. The Balaban J connectivity index is 0.934. The second-order valence-corrected chi connectivity index (χ2v) is 11.2. The van der Waals surface area contributed by atoms with Crippen LogP contribution in [0.5, 0.6) is 23.0 Å². The van der Waals surface area contributed by atoms with Crippen molar-refractivity contribution in [1.82, 2.24) is 14.7 Å². The van der Waals surface area contributed by atoms with Crippen molar-refractivity contribution in [3.63, 3.8) is 0 Å². The molecule has 0 N–H and O–H groups in total. The topological polar surface area (TPSA) is 76.1 Å². The first kappa shape index (κ1) is 26.1. The molecule has 214 valence electrons. The summed E-state index contributed by atoms with van der Waals surface area (Å²) in [6, 6.07) is 14.3. The maximum absolute atomic E-state index is 13.2. The first-order valence-corrected chi connectivity index (χ1v) is 14.6. The molecule has 1 amide bonds. The maximum atomic E-state index is 13.2. The van der Waals surface area contributed by atoms with Crippen LogP contribution < -0.4 is 18.9 Å². The van der Waals surface area contributed by atoms with E-state index in [0.29, 0.717) is 24.7 Å². The summed E-state index contributed by atoms with van der Waals surface area (Å²) in [5, 5.41) is 1.94. The summed E-state index contributed by atoms with van der Waals surface area (Å²) in [7, 11) is 1.66. The number of fused-ring (bicyclic) bond motifs is 4. The Labute approximate surface area is 240 Å². The van der Waals surface area contributed by atoms with Crippen molar-refractivity contribution in [2.45, 2.75) is 31.8 Å². The predicted molar refractivity (Wildman–Crippen MR) is 157 cm³/mol. The number of ether oxygens (including phenoxy) is 4. The number of aliphatic imine (C=N–C) groups is 1. The van der Waals surface area contributed by atoms with E-state index in [2.05, 4.69) is 21.9 Å². The minimum atomic E-state index is 0.0648. The minimum Gasteiger partial charge on any atom is -0.493 e. The fraction of sp³-hybridized carbons (Fsp3) is 0.438. The van der Waals surface area contributed by atoms with Crippen LogP contribution in [0.3, 0.4) is 0 Å². The fourth-order valence-electron chi connectivity index (χ4n) is 6.31. The summed E-state index contributed by atoms with van der Waals surface area (Å²) >= 11 is 0. The fourth-order valence-corrected chi connectivity index (χ4v) is 6.31. The molecule has 4 aliphatic heterocycles. The van der Waals surface area contributed by atoms with E-state index in [1.807, 2.05) is 41.4 Å². The molecule has 2 fully saturated rings. The molecule has 2 saturated heterocycles. The number of benzene rings is 3. The molecular formula is C32H36N4O5. The summed E-state index contributed by atoms with van der Waals surface area (Å²) in [5.74, 6) is 3.15. The standard InChI is InChI=1S/C32H36N4O5/c1-38-29-17-23-15-26-27(33-19-25-4-2-8-36(25)32(26)37)16-24(23)18-31(29)39-13-3-7-34-9-11-35(12-10-34)20-22-5-6-28-30(14-22)41-21-40-28/h5-6,14-19,25H,2-4,7-13,20-21H2,1H3/t25-/m0/s1. The van der Waals surface area contributed by atoms with Crippen LogP contribution in [-0.4, -0.2) is 92.6 Å². The number of rotatable bonds is 8. The van der Waals surface area contributed by atoms with Crippen molar-refractivity contribution in [3.8, 4) is 23.0 Å². The molecule has 7 rings (SSSR count). The second kappa shape index (κ2) is 11.2. The Morgan fingerprint density at radius 2 is 1.73 bits per heavy atom. The SMILES string of the molecule is COc1cc2cc3c(cc2cc1OCCCN1CCN(Cc2ccc4c(c2)OCO4)CC1)N=C[C@@H]1CCCN1C3=O. The molecule has 1 atom stereocenters. The van der Waals surface area contributed by atoms with Crippen LogP contribution in [0, 0.1) is 0 Å². The van der Waals surface area contributed by atoms with Gasteiger partial charge >= 0.3 is 0 Å². The average molecular weight is 557 g/mol. The van der Waals surface area contributed by atoms with E-state index >= 15 is 0 Å². The highest BCUT2D eigenvalue weighted by Gasteiger charge is 2.32. The maximum Gasteiger partial charge on any atom is 0.256 e. The number of hydrogen-bond donors (Lipinski definition) is 0. The minimum absolute atomic E-state index is 0.0648. The molecule has 3 aromatic carbocycles. The zero-order chi connectivity index (χ0) is 27.8. The highest BCUT2D eigenvalue weighted by molar-refractivity contribution is 6.07. The van der Waals surface area contributed by atoms with Gasteiger partial charge in [0.25, 0.3) is 5.91 Å². The van der Waals surface area contributed by atoms with Crippen LogP contribution in [0.25, 0.3) is 10.8 Å². The van der Waals surface area contributed by atoms with E-state index in [1.165, 1.54) is 5.56 Å². The van der Waals surface area contributed by atoms with Gasteiger partial charge in [0.2, 0.25) is 6.79 Å². The summed E-state index contributed by atoms with van der Waals surface area (Å²) in [6.45, 7) is 7.82. The lowest BCUT2D eigenvalue weighted by Gasteiger charge is -2.34. The lowest BCUT2D eigenvalue weighted by atomic mass is 10.0. The molecule has 41 heavy (non-hydrogen) atoms. The van der Waals surface area contributed by atoms with Gasteiger partial charge in [0.05, 0.1) is 31.0 Å². The van der Waals surface area contributed by atoms with Gasteiger partial charge in [-0.3, -0.25) is 14.7 Å². The number of piperazine rings is 1. The van der Waals surface area contributed by atoms with Gasteiger partial charge in [-0.2, -0.15) is 0 Å². The highest BCUT2D eigenvalue weighted by atomic mass is 16.7. The third-order valence-electron chi connectivity index (χ3n) is 8.60. The lowest BCUT2D eigenvalue weighted by Crippen LogP contribution is -2.46. The lowest BCUT2D eigenvalue weighted by molar-refractivity contribution is 0.0775. The molecule has 0 aromatic heterocycles. The first-order chi connectivity index (χ1) is 20.1. The number of amides is 1. The third-order valence-corrected chi connectivity index (χ3v) is 8.60. The smallest absolute Gasteiger partial charge is 0.256 e. The van der Waals surface area contributed by atoms with E-state index in [1.54, 1.807) is 7.11 Å². The van der Waals surface area contributed by atoms with Crippen LogP contribution in [0.4, 0.5) is 5.69 Å². The van der Waals surface area contributed by atoms with Crippen molar-refractivity contribution in [1.29, 1.82) is 0 Å². The van der Waals surface area contributed by atoms with Crippen LogP contribution >= 0.6 is 0 Å². The van der Waals surface area contributed by atoms with Gasteiger partial charge < -0.3 is 28.7 Å². The Bertz CT molecular complexity index is 1480. The monoisotopic (exact) mass is 556 g/mol. The number of nitrogens with zero attached hydrogens (tertiary/aromatic N) is 4. The molecule has 0 spiro atoms. The normalized spacial score (nSPS) is 20.3. The van der Waals surface area contributed by atoms with Crippen molar-refractivity contribution < 1.29 is 23.7 Å². The largest absolute Gasteiger partial charge is 0.493 e. The second-order valence-electron chi connectivity index (χ2n) is 11.2. The number of methoxy groups -OCH3 is 1. The van der Waals surface area contributed by atoms with Crippen LogP contribution in [0.1, 0.15) is 35.2 Å². The Hall–Kier alpha value is -3.82. The van der Waals surface area contributed by atoms with E-state index in [9.17, 15) is 4.79 Å². The van der Waals surface area contributed by atoms with E-state index in [0.717, 1.165) is 98.8 Å². The van der Waals surface area contributed by atoms with Gasteiger partial charge in [0, 0.05) is 52.0 Å². The number of hydrogen-bond acceptors (Lipinski definition) is 8. The Morgan fingerprint density at radius 1 is 0.927 bits per heavy atom. The van der Waals surface area contributed by atoms with Crippen LogP contribution in [-0.2, 0) is 6.54 Å². The molecule has 0 unspecified atom stereocenters. The van der Waals surface area contributed by atoms with Gasteiger partial charge in [0.15, 0.2) is 23.0 Å². The van der Waals surface area contributed by atoms with Crippen molar-refractivity contribution in [2.24, 2.45) is 4.99 Å². The molecule has 0 aliphatic carbocycles. The quantitative estimate of drug-likeness (QED) is 0.379. The van der Waals surface area contributed by atoms with Crippen molar-refractivity contribution in [2.75, 3.05) is 59.8 Å². The van der Waals surface area contributed by atoms with Crippen LogP contribution in [0.2, 0.25) is 0 Å². The van der Waals surface area contributed by atoms with E-state index in [-0.39, 0.29) is 11.9 Å². The average Bonchev–Trinajstić information content (AvgIpc) is 3.65. The van der Waals surface area contributed by atoms with E-state index in [4.69, 9.17) is 23.9 Å². The first-order valence-electron chi connectivity index (χ1n) is 14.6. The number of carbonyl (C=O) groups is 1. The number of carbonyl (C=O) groups excluding carboxylic acids is 1. The third kappa shape index (κ3) is 5.31. The van der Waals surface area contributed by atoms with Crippen molar-refractivity contribution >= 4 is 28.6 Å². The summed E-state index contributed by atoms with van der Waals surface area (Å²) in [4.78, 5) is 24.8. The highest BCUT2D eigenvalue weighted by Crippen LogP contribution is 2.38. The van der Waals surface area contributed by atoms with Gasteiger partial charge in [-0.25, -0.2) is 0 Å². The van der Waals surface area contributed by atoms with Crippen molar-refractivity contribution in [3.05, 3.63) is 53.6 Å². The predicted octanol–water partition coefficient (Wildman–Crippen LogP) is 4.48. The molecule has 0 radical (unpaired) electrons. The van der Waals surface area contributed by atoms with E-state index < -0.39 is 0 Å². The molecule has 0 bridgehead atoms. The molecule has 0 saturated carbocycles. The molecule has 9 nitrogen and oxygen atoms in total. The van der Waals surface area contributed by atoms with Gasteiger partial charge in [-0.1, -0.05) is 6.07 Å². The van der Waals surface area contributed by atoms with Gasteiger partial charge in [-0.15, -0.1) is 0 Å². The zero-order valence-electron chi connectivity index (χ0n) is 23.5. The molecule has 4 heterocycles. The molecule has 9 heteroatoms. The zero-order valence-corrected chi connectivity index (χ0v) is 23.5. The Morgan fingerprint density at radius 3 is 2.61 bits per heavy atom. The van der Waals surface area contributed by atoms with Gasteiger partial charge in [-0.05, 0) is 72.0 Å². The molecule has 4 aliphatic rings. The Kier molecular flexibility index (Phi) is 7.14. The molecular weight excluding hydrogens is 520 g/mol. The van der Waals surface area contributed by atoms with Gasteiger partial charge in [0.1, 0.15) is 0 Å². The van der Waals surface area contributed by atoms with Crippen LogP contribution in [0.15, 0.2) is 47.5 Å². The molecule has 3 aromatic rings.